The molecule has 0 fully saturated rings. The number of nitrogens with zero attached hydrogens (tertiary/aromatic N) is 2. The maximum atomic E-state index is 11.3. The van der Waals surface area contributed by atoms with Gasteiger partial charge in [-0.15, -0.1) is 0 Å². The lowest BCUT2D eigenvalue weighted by atomic mass is 10.3. The van der Waals surface area contributed by atoms with E-state index in [0.29, 0.717) is 11.1 Å². The quantitative estimate of drug-likeness (QED) is 0.650. The molecule has 16 heavy (non-hydrogen) atoms. The fourth-order valence-corrected chi connectivity index (χ4v) is 1.23. The van der Waals surface area contributed by atoms with Crippen LogP contribution in [0.1, 0.15) is 12.0 Å². The van der Waals surface area contributed by atoms with Crippen LogP contribution in [-0.2, 0) is 4.79 Å². The molecule has 6 heteroatoms. The van der Waals surface area contributed by atoms with Crippen LogP contribution in [0.4, 0.5) is 0 Å². The number of H-pyrrole nitrogens is 1. The van der Waals surface area contributed by atoms with Gasteiger partial charge in [0.15, 0.2) is 0 Å². The van der Waals surface area contributed by atoms with Crippen molar-refractivity contribution in [1.82, 2.24) is 14.6 Å². The van der Waals surface area contributed by atoms with Crippen molar-refractivity contribution >= 4 is 11.5 Å². The van der Waals surface area contributed by atoms with Gasteiger partial charge in [-0.3, -0.25) is 9.59 Å². The molecule has 0 aliphatic rings. The van der Waals surface area contributed by atoms with Crippen LogP contribution in [0.5, 0.6) is 0 Å². The molecule has 80 valence electrons. The average Bonchev–Trinajstić information content (AvgIpc) is 2.61. The van der Waals surface area contributed by atoms with E-state index in [2.05, 4.69) is 21.9 Å². The van der Waals surface area contributed by atoms with E-state index in [4.69, 9.17) is 5.11 Å². The predicted molar refractivity (Wildman–Crippen MR) is 54.9 cm³/mol. The topological polar surface area (TPSA) is 87.5 Å². The third kappa shape index (κ3) is 1.93. The molecule has 0 atom stereocenters. The normalized spacial score (nSPS) is 9.75. The summed E-state index contributed by atoms with van der Waals surface area (Å²) in [4.78, 5) is 24.0. The number of rotatable bonds is 1. The zero-order valence-corrected chi connectivity index (χ0v) is 8.10. The van der Waals surface area contributed by atoms with Gasteiger partial charge in [0.25, 0.3) is 5.56 Å². The molecular formula is C10H7N3O3. The van der Waals surface area contributed by atoms with Crippen LogP contribution < -0.4 is 5.56 Å². The van der Waals surface area contributed by atoms with Gasteiger partial charge in [-0.25, -0.2) is 4.52 Å². The maximum absolute atomic E-state index is 11.3. The Morgan fingerprint density at radius 3 is 3.12 bits per heavy atom. The number of hydrogen-bond acceptors (Lipinski definition) is 3. The van der Waals surface area contributed by atoms with E-state index in [1.165, 1.54) is 10.8 Å². The number of hydrogen-bond donors (Lipinski definition) is 2. The second kappa shape index (κ2) is 3.90. The van der Waals surface area contributed by atoms with E-state index in [1.54, 1.807) is 12.3 Å². The van der Waals surface area contributed by atoms with Gasteiger partial charge < -0.3 is 10.1 Å². The molecule has 2 heterocycles. The van der Waals surface area contributed by atoms with Gasteiger partial charge in [0.1, 0.15) is 18.3 Å². The lowest BCUT2D eigenvalue weighted by molar-refractivity contribution is -0.135. The Bertz CT molecular complexity index is 657. The molecule has 0 unspecified atom stereocenters. The SMILES string of the molecule is O=C(O)CC#Cc1cc2c(=O)[nH]cnn2c1. The van der Waals surface area contributed by atoms with Crippen LogP contribution in [0.25, 0.3) is 5.52 Å². The number of aromatic nitrogens is 3. The Hall–Kier alpha value is -2.55. The molecule has 0 spiro atoms. The fraction of sp³-hybridized carbons (Fsp3) is 0.100. The number of nitrogens with one attached hydrogen (secondary N) is 1. The average molecular weight is 217 g/mol. The van der Waals surface area contributed by atoms with E-state index in [9.17, 15) is 9.59 Å². The highest BCUT2D eigenvalue weighted by molar-refractivity contribution is 5.70. The Balaban J connectivity index is 2.39. The summed E-state index contributed by atoms with van der Waals surface area (Å²) < 4.78 is 1.39. The van der Waals surface area contributed by atoms with Crippen LogP contribution in [0.15, 0.2) is 23.4 Å². The summed E-state index contributed by atoms with van der Waals surface area (Å²) in [5.41, 5.74) is 0.675. The molecule has 2 aromatic heterocycles. The van der Waals surface area contributed by atoms with Crippen molar-refractivity contribution in [1.29, 1.82) is 0 Å². The Kier molecular flexibility index (Phi) is 2.44. The highest BCUT2D eigenvalue weighted by Crippen LogP contribution is 2.01. The molecule has 0 aromatic carbocycles. The van der Waals surface area contributed by atoms with Crippen LogP contribution in [-0.4, -0.2) is 25.7 Å². The van der Waals surface area contributed by atoms with Gasteiger partial charge in [-0.2, -0.15) is 5.10 Å². The second-order valence-corrected chi connectivity index (χ2v) is 3.05. The number of fused-ring (bicyclic) bond motifs is 1. The van der Waals surface area contributed by atoms with Crippen molar-refractivity contribution in [2.24, 2.45) is 0 Å². The zero-order valence-electron chi connectivity index (χ0n) is 8.10. The van der Waals surface area contributed by atoms with Crippen LogP contribution in [0.2, 0.25) is 0 Å². The molecule has 0 saturated heterocycles. The largest absolute Gasteiger partial charge is 0.481 e. The van der Waals surface area contributed by atoms with Crippen molar-refractivity contribution in [2.75, 3.05) is 0 Å². The monoisotopic (exact) mass is 217 g/mol. The van der Waals surface area contributed by atoms with Crippen molar-refractivity contribution < 1.29 is 9.90 Å². The van der Waals surface area contributed by atoms with Gasteiger partial charge in [0, 0.05) is 11.8 Å². The number of carboxylic acids is 1. The molecule has 0 saturated carbocycles. The van der Waals surface area contributed by atoms with E-state index in [-0.39, 0.29) is 12.0 Å². The van der Waals surface area contributed by atoms with Crippen LogP contribution in [0.3, 0.4) is 0 Å². The molecule has 2 rings (SSSR count). The first kappa shape index (κ1) is 9.98. The second-order valence-electron chi connectivity index (χ2n) is 3.05. The summed E-state index contributed by atoms with van der Waals surface area (Å²) in [5.74, 6) is 4.15. The molecule has 6 nitrogen and oxygen atoms in total. The van der Waals surface area contributed by atoms with Gasteiger partial charge in [0.05, 0.1) is 0 Å². The predicted octanol–water partition coefficient (Wildman–Crippen LogP) is -0.151. The number of aliphatic carboxylic acids is 1. The van der Waals surface area contributed by atoms with E-state index < -0.39 is 5.97 Å². The van der Waals surface area contributed by atoms with E-state index in [0.717, 1.165) is 0 Å². The van der Waals surface area contributed by atoms with Crippen molar-refractivity contribution in [3.8, 4) is 11.8 Å². The highest BCUT2D eigenvalue weighted by Gasteiger charge is 2.00. The lowest BCUT2D eigenvalue weighted by Crippen LogP contribution is -2.09. The summed E-state index contributed by atoms with van der Waals surface area (Å²) in [5, 5.41) is 12.3. The maximum Gasteiger partial charge on any atom is 0.315 e. The van der Waals surface area contributed by atoms with Crippen molar-refractivity contribution in [2.45, 2.75) is 6.42 Å². The molecule has 2 aromatic rings. The van der Waals surface area contributed by atoms with Gasteiger partial charge >= 0.3 is 5.97 Å². The molecule has 2 N–H and O–H groups in total. The Morgan fingerprint density at radius 2 is 2.44 bits per heavy atom. The standard InChI is InChI=1S/C10H7N3O3/c14-9(15)3-1-2-7-4-8-10(16)11-6-12-13(8)5-7/h4-6H,3H2,(H,14,15)(H,11,12,16). The van der Waals surface area contributed by atoms with Crippen LogP contribution in [0, 0.1) is 11.8 Å². The molecular weight excluding hydrogens is 210 g/mol. The summed E-state index contributed by atoms with van der Waals surface area (Å²) in [6, 6.07) is 1.56. The minimum atomic E-state index is -0.979. The fourth-order valence-electron chi connectivity index (χ4n) is 1.23. The van der Waals surface area contributed by atoms with E-state index in [1.807, 2.05) is 0 Å². The lowest BCUT2D eigenvalue weighted by Gasteiger charge is -1.87. The summed E-state index contributed by atoms with van der Waals surface area (Å²) >= 11 is 0. The first-order valence-corrected chi connectivity index (χ1v) is 4.43. The summed E-state index contributed by atoms with van der Waals surface area (Å²) in [6.45, 7) is 0. The summed E-state index contributed by atoms with van der Waals surface area (Å²) in [6.07, 6.45) is 2.62. The number of carbonyl (C=O) groups is 1. The highest BCUT2D eigenvalue weighted by atomic mass is 16.4. The number of carboxylic acid groups (broad SMARTS) is 1. The smallest absolute Gasteiger partial charge is 0.315 e. The van der Waals surface area contributed by atoms with Crippen molar-refractivity contribution in [3.05, 3.63) is 34.5 Å². The third-order valence-electron chi connectivity index (χ3n) is 1.88. The Morgan fingerprint density at radius 1 is 1.62 bits per heavy atom. The van der Waals surface area contributed by atoms with E-state index >= 15 is 0 Å². The Labute approximate surface area is 89.5 Å². The third-order valence-corrected chi connectivity index (χ3v) is 1.88. The van der Waals surface area contributed by atoms with Gasteiger partial charge in [-0.05, 0) is 6.07 Å². The molecule has 0 aliphatic heterocycles. The summed E-state index contributed by atoms with van der Waals surface area (Å²) in [7, 11) is 0. The number of aromatic amines is 1. The molecule has 0 radical (unpaired) electrons. The minimum absolute atomic E-state index is 0.226. The zero-order chi connectivity index (χ0) is 11.5. The first-order valence-electron chi connectivity index (χ1n) is 4.43. The first-order chi connectivity index (χ1) is 7.66. The molecule has 0 aliphatic carbocycles. The minimum Gasteiger partial charge on any atom is -0.481 e. The molecule has 0 bridgehead atoms. The van der Waals surface area contributed by atoms with Gasteiger partial charge in [0.2, 0.25) is 0 Å². The molecule has 0 amide bonds. The van der Waals surface area contributed by atoms with Crippen LogP contribution >= 0.6 is 0 Å². The van der Waals surface area contributed by atoms with Crippen molar-refractivity contribution in [3.63, 3.8) is 0 Å². The van der Waals surface area contributed by atoms with Gasteiger partial charge in [-0.1, -0.05) is 11.8 Å².